The van der Waals surface area contributed by atoms with E-state index in [1.807, 2.05) is 17.5 Å². The highest BCUT2D eigenvalue weighted by molar-refractivity contribution is 7.09. The summed E-state index contributed by atoms with van der Waals surface area (Å²) in [5.41, 5.74) is 6.30. The first-order valence-corrected chi connectivity index (χ1v) is 6.64. The van der Waals surface area contributed by atoms with Crippen LogP contribution in [-0.4, -0.2) is 17.4 Å². The van der Waals surface area contributed by atoms with Crippen LogP contribution in [-0.2, 0) is 6.42 Å². The maximum Gasteiger partial charge on any atom is 0.254 e. The highest BCUT2D eigenvalue weighted by atomic mass is 35.5. The van der Waals surface area contributed by atoms with Crippen LogP contribution >= 0.6 is 22.9 Å². The molecule has 6 heteroatoms. The van der Waals surface area contributed by atoms with E-state index in [9.17, 15) is 4.79 Å². The second kappa shape index (κ2) is 5.84. The number of hydrogen-bond donors (Lipinski definition) is 2. The van der Waals surface area contributed by atoms with Crippen LogP contribution in [0.3, 0.4) is 0 Å². The second-order valence-electron chi connectivity index (χ2n) is 3.69. The van der Waals surface area contributed by atoms with Crippen LogP contribution in [0.15, 0.2) is 29.8 Å². The minimum atomic E-state index is -0.253. The Kier molecular flexibility index (Phi) is 4.17. The fourth-order valence-electron chi connectivity index (χ4n) is 1.47. The molecule has 2 heterocycles. The van der Waals surface area contributed by atoms with Crippen molar-refractivity contribution in [2.75, 3.05) is 12.3 Å². The SMILES string of the molecule is Nc1cnc(Cl)c(C(=O)NCCc2cccs2)c1. The average molecular weight is 282 g/mol. The van der Waals surface area contributed by atoms with E-state index >= 15 is 0 Å². The number of carbonyl (C=O) groups is 1. The molecule has 3 N–H and O–H groups in total. The van der Waals surface area contributed by atoms with Gasteiger partial charge in [-0.2, -0.15) is 0 Å². The molecule has 0 aliphatic rings. The van der Waals surface area contributed by atoms with Gasteiger partial charge in [-0.05, 0) is 23.9 Å². The highest BCUT2D eigenvalue weighted by Crippen LogP contribution is 2.15. The highest BCUT2D eigenvalue weighted by Gasteiger charge is 2.11. The van der Waals surface area contributed by atoms with Gasteiger partial charge in [0.05, 0.1) is 17.4 Å². The number of aromatic nitrogens is 1. The molecule has 0 atom stereocenters. The average Bonchev–Trinajstić information content (AvgIpc) is 2.85. The Morgan fingerprint density at radius 3 is 3.11 bits per heavy atom. The molecule has 0 bridgehead atoms. The summed E-state index contributed by atoms with van der Waals surface area (Å²) in [6.45, 7) is 0.560. The molecule has 0 radical (unpaired) electrons. The van der Waals surface area contributed by atoms with Crippen molar-refractivity contribution in [1.82, 2.24) is 10.3 Å². The first-order valence-electron chi connectivity index (χ1n) is 5.38. The molecule has 0 aliphatic carbocycles. The third-order valence-corrected chi connectivity index (χ3v) is 3.58. The lowest BCUT2D eigenvalue weighted by molar-refractivity contribution is 0.0954. The number of rotatable bonds is 4. The lowest BCUT2D eigenvalue weighted by Gasteiger charge is -2.06. The summed E-state index contributed by atoms with van der Waals surface area (Å²) in [6.07, 6.45) is 2.22. The number of carbonyl (C=O) groups excluding carboxylic acids is 1. The van der Waals surface area contributed by atoms with Gasteiger partial charge >= 0.3 is 0 Å². The summed E-state index contributed by atoms with van der Waals surface area (Å²) in [5, 5.41) is 4.97. The third-order valence-electron chi connectivity index (χ3n) is 2.34. The van der Waals surface area contributed by atoms with Gasteiger partial charge in [-0.3, -0.25) is 4.79 Å². The Morgan fingerprint density at radius 1 is 1.56 bits per heavy atom. The molecular weight excluding hydrogens is 270 g/mol. The Labute approximate surface area is 114 Å². The van der Waals surface area contributed by atoms with Gasteiger partial charge in [-0.25, -0.2) is 4.98 Å². The minimum Gasteiger partial charge on any atom is -0.397 e. The van der Waals surface area contributed by atoms with Gasteiger partial charge in [0, 0.05) is 11.4 Å². The summed E-state index contributed by atoms with van der Waals surface area (Å²) in [6, 6.07) is 5.54. The summed E-state index contributed by atoms with van der Waals surface area (Å²) < 4.78 is 0. The van der Waals surface area contributed by atoms with Gasteiger partial charge < -0.3 is 11.1 Å². The Hall–Kier alpha value is -1.59. The zero-order valence-corrected chi connectivity index (χ0v) is 11.1. The Morgan fingerprint density at radius 2 is 2.39 bits per heavy atom. The molecule has 0 saturated heterocycles. The molecule has 2 rings (SSSR count). The van der Waals surface area contributed by atoms with Crippen LogP contribution in [0.4, 0.5) is 5.69 Å². The van der Waals surface area contributed by atoms with Crippen molar-refractivity contribution in [1.29, 1.82) is 0 Å². The predicted octanol–water partition coefficient (Wildman–Crippen LogP) is 2.35. The van der Waals surface area contributed by atoms with E-state index in [0.717, 1.165) is 6.42 Å². The summed E-state index contributed by atoms with van der Waals surface area (Å²) in [5.74, 6) is -0.253. The van der Waals surface area contributed by atoms with E-state index in [1.165, 1.54) is 17.1 Å². The number of nitrogens with one attached hydrogen (secondary N) is 1. The van der Waals surface area contributed by atoms with Gasteiger partial charge in [-0.1, -0.05) is 17.7 Å². The van der Waals surface area contributed by atoms with Crippen molar-refractivity contribution < 1.29 is 4.79 Å². The lowest BCUT2D eigenvalue weighted by Crippen LogP contribution is -2.26. The lowest BCUT2D eigenvalue weighted by atomic mass is 10.2. The molecule has 0 spiro atoms. The quantitative estimate of drug-likeness (QED) is 0.846. The van der Waals surface area contributed by atoms with Gasteiger partial charge in [0.2, 0.25) is 0 Å². The monoisotopic (exact) mass is 281 g/mol. The van der Waals surface area contributed by atoms with Crippen LogP contribution < -0.4 is 11.1 Å². The topological polar surface area (TPSA) is 68.0 Å². The number of amides is 1. The maximum atomic E-state index is 11.9. The van der Waals surface area contributed by atoms with E-state index in [0.29, 0.717) is 17.8 Å². The van der Waals surface area contributed by atoms with Crippen molar-refractivity contribution in [3.05, 3.63) is 45.4 Å². The Bertz CT molecular complexity index is 542. The number of nitrogens with two attached hydrogens (primary N) is 1. The molecule has 0 aromatic carbocycles. The first kappa shape index (κ1) is 12.9. The van der Waals surface area contributed by atoms with Gasteiger partial charge in [0.1, 0.15) is 5.15 Å². The molecule has 0 aliphatic heterocycles. The molecule has 94 valence electrons. The van der Waals surface area contributed by atoms with Crippen molar-refractivity contribution in [2.24, 2.45) is 0 Å². The van der Waals surface area contributed by atoms with E-state index in [1.54, 1.807) is 11.3 Å². The van der Waals surface area contributed by atoms with Gasteiger partial charge in [-0.15, -0.1) is 11.3 Å². The van der Waals surface area contributed by atoms with Crippen molar-refractivity contribution in [2.45, 2.75) is 6.42 Å². The summed E-state index contributed by atoms with van der Waals surface area (Å²) >= 11 is 7.51. The number of thiophene rings is 1. The normalized spacial score (nSPS) is 10.3. The molecule has 2 aromatic heterocycles. The van der Waals surface area contributed by atoms with Crippen LogP contribution in [0.25, 0.3) is 0 Å². The number of nitrogen functional groups attached to an aromatic ring is 1. The third kappa shape index (κ3) is 3.21. The predicted molar refractivity (Wildman–Crippen MR) is 74.0 cm³/mol. The largest absolute Gasteiger partial charge is 0.397 e. The molecule has 4 nitrogen and oxygen atoms in total. The maximum absolute atomic E-state index is 11.9. The standard InChI is InChI=1S/C12H12ClN3OS/c13-11-10(6-8(14)7-16-11)12(17)15-4-3-9-2-1-5-18-9/h1-2,5-7H,3-4,14H2,(H,15,17). The molecule has 0 fully saturated rings. The minimum absolute atomic E-state index is 0.165. The molecule has 2 aromatic rings. The van der Waals surface area contributed by atoms with Crippen LogP contribution in [0, 0.1) is 0 Å². The fraction of sp³-hybridized carbons (Fsp3) is 0.167. The van der Waals surface area contributed by atoms with Crippen LogP contribution in [0.1, 0.15) is 15.2 Å². The van der Waals surface area contributed by atoms with Crippen molar-refractivity contribution in [3.8, 4) is 0 Å². The summed E-state index contributed by atoms with van der Waals surface area (Å²) in [4.78, 5) is 16.9. The fourth-order valence-corrected chi connectivity index (χ4v) is 2.37. The van der Waals surface area contributed by atoms with E-state index in [2.05, 4.69) is 10.3 Å². The summed E-state index contributed by atoms with van der Waals surface area (Å²) in [7, 11) is 0. The second-order valence-corrected chi connectivity index (χ2v) is 5.08. The molecular formula is C12H12ClN3OS. The first-order chi connectivity index (χ1) is 8.66. The van der Waals surface area contributed by atoms with Crippen LogP contribution in [0.5, 0.6) is 0 Å². The van der Waals surface area contributed by atoms with Crippen molar-refractivity contribution in [3.63, 3.8) is 0 Å². The van der Waals surface area contributed by atoms with Gasteiger partial charge in [0.25, 0.3) is 5.91 Å². The number of hydrogen-bond acceptors (Lipinski definition) is 4. The number of anilines is 1. The van der Waals surface area contributed by atoms with E-state index < -0.39 is 0 Å². The number of nitrogens with zero attached hydrogens (tertiary/aromatic N) is 1. The smallest absolute Gasteiger partial charge is 0.254 e. The molecule has 0 saturated carbocycles. The van der Waals surface area contributed by atoms with Gasteiger partial charge in [0.15, 0.2) is 0 Å². The molecule has 0 unspecified atom stereocenters. The zero-order chi connectivity index (χ0) is 13.0. The zero-order valence-electron chi connectivity index (χ0n) is 9.52. The van der Waals surface area contributed by atoms with Crippen molar-refractivity contribution >= 4 is 34.5 Å². The van der Waals surface area contributed by atoms with E-state index in [-0.39, 0.29) is 11.1 Å². The Balaban J connectivity index is 1.93. The van der Waals surface area contributed by atoms with E-state index in [4.69, 9.17) is 17.3 Å². The number of halogens is 1. The van der Waals surface area contributed by atoms with Crippen LogP contribution in [0.2, 0.25) is 5.15 Å². The number of pyridine rings is 1. The molecule has 18 heavy (non-hydrogen) atoms. The molecule has 1 amide bonds.